The number of nitrogens with zero attached hydrogens (tertiary/aromatic N) is 2. The molecule has 0 radical (unpaired) electrons. The van der Waals surface area contributed by atoms with Gasteiger partial charge >= 0.3 is 0 Å². The van der Waals surface area contributed by atoms with Crippen LogP contribution in [0, 0.1) is 0 Å². The molecule has 6 heteroatoms. The van der Waals surface area contributed by atoms with Crippen molar-refractivity contribution in [3.63, 3.8) is 0 Å². The van der Waals surface area contributed by atoms with Gasteiger partial charge in [0.15, 0.2) is 11.5 Å². The van der Waals surface area contributed by atoms with Gasteiger partial charge < -0.3 is 16.2 Å². The highest BCUT2D eigenvalue weighted by Crippen LogP contribution is 2.27. The fourth-order valence-corrected chi connectivity index (χ4v) is 3.59. The second kappa shape index (κ2) is 9.35. The van der Waals surface area contributed by atoms with Crippen LogP contribution in [0.15, 0.2) is 30.5 Å². The van der Waals surface area contributed by atoms with Crippen LogP contribution in [0.5, 0.6) is 5.75 Å². The molecule has 144 valence electrons. The molecule has 6 nitrogen and oxygen atoms in total. The van der Waals surface area contributed by atoms with Gasteiger partial charge in [-0.2, -0.15) is 0 Å². The molecule has 1 heterocycles. The van der Waals surface area contributed by atoms with Crippen molar-refractivity contribution in [3.8, 4) is 17.0 Å². The van der Waals surface area contributed by atoms with E-state index in [2.05, 4.69) is 15.3 Å². The van der Waals surface area contributed by atoms with E-state index in [-0.39, 0.29) is 29.2 Å². The lowest BCUT2D eigenvalue weighted by Crippen LogP contribution is -2.36. The maximum Gasteiger partial charge on any atom is 0.273 e. The number of amides is 1. The molecule has 0 bridgehead atoms. The minimum Gasteiger partial charge on any atom is -0.507 e. The third-order valence-electron chi connectivity index (χ3n) is 5.14. The van der Waals surface area contributed by atoms with Gasteiger partial charge in [0.25, 0.3) is 5.91 Å². The van der Waals surface area contributed by atoms with Gasteiger partial charge in [0.05, 0.1) is 11.9 Å². The highest BCUT2D eigenvalue weighted by molar-refractivity contribution is 5.97. The van der Waals surface area contributed by atoms with Crippen LogP contribution in [0.4, 0.5) is 5.82 Å². The monoisotopic (exact) mass is 368 g/mol. The van der Waals surface area contributed by atoms with Gasteiger partial charge in [-0.3, -0.25) is 4.79 Å². The van der Waals surface area contributed by atoms with E-state index in [1.54, 1.807) is 24.3 Å². The van der Waals surface area contributed by atoms with Crippen molar-refractivity contribution in [2.75, 3.05) is 5.73 Å². The first kappa shape index (κ1) is 19.1. The molecule has 0 spiro atoms. The second-order valence-electron chi connectivity index (χ2n) is 7.23. The Balaban J connectivity index is 1.75. The molecular weight excluding hydrogens is 340 g/mol. The molecule has 1 aliphatic carbocycles. The third-order valence-corrected chi connectivity index (χ3v) is 5.14. The Kier molecular flexibility index (Phi) is 6.63. The lowest BCUT2D eigenvalue weighted by atomic mass is 9.97. The summed E-state index contributed by atoms with van der Waals surface area (Å²) < 4.78 is 0. The number of nitrogens with one attached hydrogen (secondary N) is 1. The fourth-order valence-electron chi connectivity index (χ4n) is 3.59. The molecular formula is C21H28N4O2. The summed E-state index contributed by atoms with van der Waals surface area (Å²) in [5.41, 5.74) is 6.99. The summed E-state index contributed by atoms with van der Waals surface area (Å²) in [5.74, 6) is -0.0962. The SMILES string of the molecule is Nc1ncc(-c2ccccc2O)nc1C(=O)NC1CCCCCCCCC1. The average molecular weight is 368 g/mol. The maximum atomic E-state index is 12.8. The predicted molar refractivity (Wildman–Crippen MR) is 106 cm³/mol. The molecule has 1 aromatic heterocycles. The van der Waals surface area contributed by atoms with E-state index in [9.17, 15) is 9.90 Å². The molecule has 1 saturated carbocycles. The van der Waals surface area contributed by atoms with Crippen molar-refractivity contribution in [2.45, 2.75) is 63.8 Å². The van der Waals surface area contributed by atoms with Crippen LogP contribution < -0.4 is 11.1 Å². The van der Waals surface area contributed by atoms with E-state index in [1.807, 2.05) is 0 Å². The van der Waals surface area contributed by atoms with E-state index in [0.717, 1.165) is 25.7 Å². The van der Waals surface area contributed by atoms with Crippen LogP contribution in [-0.2, 0) is 0 Å². The molecule has 4 N–H and O–H groups in total. The lowest BCUT2D eigenvalue weighted by Gasteiger charge is -2.20. The number of hydrogen-bond donors (Lipinski definition) is 3. The van der Waals surface area contributed by atoms with Crippen molar-refractivity contribution in [1.29, 1.82) is 0 Å². The Morgan fingerprint density at radius 2 is 1.67 bits per heavy atom. The molecule has 1 fully saturated rings. The number of phenols is 1. The first-order valence-electron chi connectivity index (χ1n) is 9.87. The predicted octanol–water partition coefficient (Wildman–Crippen LogP) is 4.05. The first-order chi connectivity index (χ1) is 13.1. The number of rotatable bonds is 3. The molecule has 27 heavy (non-hydrogen) atoms. The average Bonchev–Trinajstić information content (AvgIpc) is 2.68. The number of phenolic OH excluding ortho intramolecular Hbond substituents is 1. The summed E-state index contributed by atoms with van der Waals surface area (Å²) in [6.45, 7) is 0. The van der Waals surface area contributed by atoms with Gasteiger partial charge in [-0.05, 0) is 25.0 Å². The van der Waals surface area contributed by atoms with Crippen LogP contribution in [-0.4, -0.2) is 27.0 Å². The molecule has 0 atom stereocenters. The summed E-state index contributed by atoms with van der Waals surface area (Å²) in [5, 5.41) is 13.1. The van der Waals surface area contributed by atoms with E-state index in [0.29, 0.717) is 11.3 Å². The summed E-state index contributed by atoms with van der Waals surface area (Å²) in [6.07, 6.45) is 12.0. The van der Waals surface area contributed by atoms with Gasteiger partial charge in [-0.1, -0.05) is 57.1 Å². The second-order valence-corrected chi connectivity index (χ2v) is 7.23. The summed E-state index contributed by atoms with van der Waals surface area (Å²) in [7, 11) is 0. The molecule has 3 rings (SSSR count). The number of carbonyl (C=O) groups is 1. The molecule has 1 aliphatic rings. The maximum absolute atomic E-state index is 12.8. The minimum absolute atomic E-state index is 0.0928. The Bertz CT molecular complexity index is 769. The number of nitrogens with two attached hydrogens (primary N) is 1. The van der Waals surface area contributed by atoms with E-state index < -0.39 is 0 Å². The van der Waals surface area contributed by atoms with Gasteiger partial charge in [0.1, 0.15) is 5.75 Å². The highest BCUT2D eigenvalue weighted by Gasteiger charge is 2.19. The zero-order chi connectivity index (χ0) is 19.1. The smallest absolute Gasteiger partial charge is 0.273 e. The number of benzene rings is 1. The largest absolute Gasteiger partial charge is 0.507 e. The molecule has 1 aromatic carbocycles. The van der Waals surface area contributed by atoms with Crippen molar-refractivity contribution in [3.05, 3.63) is 36.2 Å². The zero-order valence-corrected chi connectivity index (χ0v) is 15.7. The fraction of sp³-hybridized carbons (Fsp3) is 0.476. The number of carbonyl (C=O) groups excluding carboxylic acids is 1. The molecule has 0 aliphatic heterocycles. The first-order valence-corrected chi connectivity index (χ1v) is 9.87. The van der Waals surface area contributed by atoms with Gasteiger partial charge in [-0.25, -0.2) is 9.97 Å². The molecule has 0 unspecified atom stereocenters. The third kappa shape index (κ3) is 5.18. The van der Waals surface area contributed by atoms with Crippen LogP contribution in [0.1, 0.15) is 68.3 Å². The normalized spacial score (nSPS) is 16.6. The summed E-state index contributed by atoms with van der Waals surface area (Å²) in [6, 6.07) is 6.99. The van der Waals surface area contributed by atoms with Crippen molar-refractivity contribution < 1.29 is 9.90 Å². The Morgan fingerprint density at radius 3 is 2.33 bits per heavy atom. The van der Waals surface area contributed by atoms with Crippen LogP contribution in [0.3, 0.4) is 0 Å². The molecule has 1 amide bonds. The van der Waals surface area contributed by atoms with Gasteiger partial charge in [0.2, 0.25) is 0 Å². The van der Waals surface area contributed by atoms with Crippen LogP contribution in [0.2, 0.25) is 0 Å². The Hall–Kier alpha value is -2.63. The lowest BCUT2D eigenvalue weighted by molar-refractivity contribution is 0.0927. The number of nitrogen functional groups attached to an aromatic ring is 1. The Labute approximate surface area is 160 Å². The number of aromatic nitrogens is 2. The number of hydrogen-bond acceptors (Lipinski definition) is 5. The number of aromatic hydroxyl groups is 1. The van der Waals surface area contributed by atoms with Gasteiger partial charge in [-0.15, -0.1) is 0 Å². The van der Waals surface area contributed by atoms with Crippen LogP contribution >= 0.6 is 0 Å². The topological polar surface area (TPSA) is 101 Å². The number of para-hydroxylation sites is 1. The van der Waals surface area contributed by atoms with Crippen molar-refractivity contribution >= 4 is 11.7 Å². The standard InChI is InChI=1S/C21H28N4O2/c22-20-19(25-17(14-23-20)16-12-8-9-13-18(16)26)21(27)24-15-10-6-4-2-1-3-5-7-11-15/h8-9,12-15,26H,1-7,10-11H2,(H2,22,23)(H,24,27). The molecule has 2 aromatic rings. The quantitative estimate of drug-likeness (QED) is 0.758. The Morgan fingerprint density at radius 1 is 1.04 bits per heavy atom. The summed E-state index contributed by atoms with van der Waals surface area (Å²) >= 11 is 0. The van der Waals surface area contributed by atoms with E-state index in [1.165, 1.54) is 38.3 Å². The van der Waals surface area contributed by atoms with E-state index in [4.69, 9.17) is 5.73 Å². The van der Waals surface area contributed by atoms with Crippen molar-refractivity contribution in [1.82, 2.24) is 15.3 Å². The zero-order valence-electron chi connectivity index (χ0n) is 15.7. The van der Waals surface area contributed by atoms with Crippen molar-refractivity contribution in [2.24, 2.45) is 0 Å². The highest BCUT2D eigenvalue weighted by atomic mass is 16.3. The number of anilines is 1. The van der Waals surface area contributed by atoms with Gasteiger partial charge in [0, 0.05) is 11.6 Å². The molecule has 0 saturated heterocycles. The minimum atomic E-state index is -0.292. The van der Waals surface area contributed by atoms with E-state index >= 15 is 0 Å². The van der Waals surface area contributed by atoms with Crippen LogP contribution in [0.25, 0.3) is 11.3 Å². The summed E-state index contributed by atoms with van der Waals surface area (Å²) in [4.78, 5) is 21.3.